The molecule has 86 valence electrons. The average Bonchev–Trinajstić information content (AvgIpc) is 2.28. The molecule has 1 unspecified atom stereocenters. The Morgan fingerprint density at radius 2 is 1.88 bits per heavy atom. The molecule has 0 saturated carbocycles. The van der Waals surface area contributed by atoms with Gasteiger partial charge in [-0.15, -0.1) is 0 Å². The van der Waals surface area contributed by atoms with Crippen LogP contribution < -0.4 is 0 Å². The molecule has 0 N–H and O–H groups in total. The Bertz CT molecular complexity index is 389. The number of carbonyl (C=O) groups is 2. The van der Waals surface area contributed by atoms with Crippen molar-refractivity contribution in [3.05, 3.63) is 35.9 Å². The van der Waals surface area contributed by atoms with Crippen molar-refractivity contribution in [1.82, 2.24) is 0 Å². The van der Waals surface area contributed by atoms with Gasteiger partial charge in [-0.2, -0.15) is 0 Å². The second-order valence-corrected chi connectivity index (χ2v) is 4.87. The molecule has 0 aliphatic heterocycles. The highest BCUT2D eigenvalue weighted by Crippen LogP contribution is 2.26. The van der Waals surface area contributed by atoms with Crippen molar-refractivity contribution < 1.29 is 14.3 Å². The molecule has 1 atom stereocenters. The maximum absolute atomic E-state index is 11.6. The van der Waals surface area contributed by atoms with Crippen LogP contribution in [-0.4, -0.2) is 23.2 Å². The lowest BCUT2D eigenvalue weighted by Crippen LogP contribution is -2.42. The van der Waals surface area contributed by atoms with E-state index in [0.29, 0.717) is 0 Å². The maximum atomic E-state index is 11.6. The molecule has 0 bridgehead atoms. The van der Waals surface area contributed by atoms with Crippen LogP contribution in [0.2, 0.25) is 0 Å². The molecule has 0 amide bonds. The lowest BCUT2D eigenvalue weighted by molar-refractivity contribution is -0.146. The molecule has 0 saturated heterocycles. The summed E-state index contributed by atoms with van der Waals surface area (Å²) in [4.78, 5) is 23.1. The van der Waals surface area contributed by atoms with E-state index in [1.165, 1.54) is 14.0 Å². The van der Waals surface area contributed by atoms with Crippen LogP contribution in [0.25, 0.3) is 0 Å². The summed E-state index contributed by atoms with van der Waals surface area (Å²) in [5.74, 6) is -0.827. The number of halogens is 1. The number of Topliss-reactive ketones (excluding diaryl/α,β-unsaturated/α-hetero) is 1. The lowest BCUT2D eigenvalue weighted by Gasteiger charge is -2.21. The molecule has 0 fully saturated rings. The Kier molecular flexibility index (Phi) is 4.24. The quantitative estimate of drug-likeness (QED) is 0.483. The Morgan fingerprint density at radius 3 is 2.31 bits per heavy atom. The minimum Gasteiger partial charge on any atom is -0.468 e. The number of hydrogen-bond acceptors (Lipinski definition) is 3. The second kappa shape index (κ2) is 5.25. The number of hydrogen-bond donors (Lipinski definition) is 0. The standard InChI is InChI=1S/C12H13BrO3/c1-9(14)12(13,11(15)16-2)8-10-6-4-3-5-7-10/h3-7H,8H2,1-2H3. The number of ketones is 1. The van der Waals surface area contributed by atoms with Gasteiger partial charge >= 0.3 is 5.97 Å². The summed E-state index contributed by atoms with van der Waals surface area (Å²) in [6.45, 7) is 1.37. The van der Waals surface area contributed by atoms with Crippen LogP contribution in [0.5, 0.6) is 0 Å². The molecular formula is C12H13BrO3. The van der Waals surface area contributed by atoms with Gasteiger partial charge in [-0.05, 0) is 12.5 Å². The molecule has 0 aliphatic carbocycles. The number of ether oxygens (including phenoxy) is 1. The number of benzene rings is 1. The highest BCUT2D eigenvalue weighted by atomic mass is 79.9. The summed E-state index contributed by atoms with van der Waals surface area (Å²) in [6, 6.07) is 9.33. The molecule has 1 aromatic rings. The summed E-state index contributed by atoms with van der Waals surface area (Å²) in [5, 5.41) is 0. The molecule has 1 aromatic carbocycles. The molecule has 0 heterocycles. The van der Waals surface area contributed by atoms with E-state index >= 15 is 0 Å². The Balaban J connectivity index is 2.97. The first-order chi connectivity index (χ1) is 7.50. The SMILES string of the molecule is COC(=O)C(Br)(Cc1ccccc1)C(C)=O. The highest BCUT2D eigenvalue weighted by molar-refractivity contribution is 9.10. The van der Waals surface area contributed by atoms with Crippen LogP contribution in [-0.2, 0) is 20.7 Å². The molecule has 0 radical (unpaired) electrons. The largest absolute Gasteiger partial charge is 0.468 e. The number of alkyl halides is 1. The minimum absolute atomic E-state index is 0.261. The van der Waals surface area contributed by atoms with Gasteiger partial charge in [-0.25, -0.2) is 0 Å². The fourth-order valence-electron chi connectivity index (χ4n) is 1.38. The van der Waals surface area contributed by atoms with Gasteiger partial charge in [0, 0.05) is 6.42 Å². The number of rotatable bonds is 4. The predicted molar refractivity (Wildman–Crippen MR) is 64.5 cm³/mol. The van der Waals surface area contributed by atoms with E-state index in [9.17, 15) is 9.59 Å². The maximum Gasteiger partial charge on any atom is 0.330 e. The van der Waals surface area contributed by atoms with E-state index in [-0.39, 0.29) is 12.2 Å². The first-order valence-corrected chi connectivity index (χ1v) is 5.62. The topological polar surface area (TPSA) is 43.4 Å². The van der Waals surface area contributed by atoms with Gasteiger partial charge in [0.05, 0.1) is 7.11 Å². The van der Waals surface area contributed by atoms with Crippen molar-refractivity contribution in [1.29, 1.82) is 0 Å². The molecule has 0 aliphatic rings. The molecule has 0 aromatic heterocycles. The smallest absolute Gasteiger partial charge is 0.330 e. The summed E-state index contributed by atoms with van der Waals surface area (Å²) in [5.41, 5.74) is 0.903. The first kappa shape index (κ1) is 12.9. The minimum atomic E-state index is -1.27. The molecule has 3 nitrogen and oxygen atoms in total. The molecular weight excluding hydrogens is 272 g/mol. The zero-order valence-electron chi connectivity index (χ0n) is 9.20. The summed E-state index contributed by atoms with van der Waals surface area (Å²) in [7, 11) is 1.27. The third-order valence-electron chi connectivity index (χ3n) is 2.36. The predicted octanol–water partition coefficient (Wildman–Crippen LogP) is 2.12. The fourth-order valence-corrected chi connectivity index (χ4v) is 1.86. The van der Waals surface area contributed by atoms with Crippen LogP contribution in [0.1, 0.15) is 12.5 Å². The van der Waals surface area contributed by atoms with Crippen molar-refractivity contribution in [2.24, 2.45) is 0 Å². The lowest BCUT2D eigenvalue weighted by atomic mass is 9.96. The van der Waals surface area contributed by atoms with Gasteiger partial charge < -0.3 is 4.74 Å². The van der Waals surface area contributed by atoms with E-state index in [4.69, 9.17) is 0 Å². The van der Waals surface area contributed by atoms with Crippen LogP contribution >= 0.6 is 15.9 Å². The van der Waals surface area contributed by atoms with Crippen LogP contribution in [0.3, 0.4) is 0 Å². The zero-order valence-corrected chi connectivity index (χ0v) is 10.8. The van der Waals surface area contributed by atoms with Gasteiger partial charge in [-0.3, -0.25) is 9.59 Å². The normalized spacial score (nSPS) is 13.9. The van der Waals surface area contributed by atoms with Crippen LogP contribution in [0.4, 0.5) is 0 Å². The van der Waals surface area contributed by atoms with Gasteiger partial charge in [0.25, 0.3) is 0 Å². The monoisotopic (exact) mass is 284 g/mol. The van der Waals surface area contributed by atoms with Gasteiger partial charge in [0.2, 0.25) is 0 Å². The van der Waals surface area contributed by atoms with Crippen molar-refractivity contribution in [3.8, 4) is 0 Å². The number of esters is 1. The Labute approximate surface area is 103 Å². The summed E-state index contributed by atoms with van der Waals surface area (Å²) < 4.78 is 3.37. The Morgan fingerprint density at radius 1 is 1.31 bits per heavy atom. The average molecular weight is 285 g/mol. The molecule has 0 spiro atoms. The summed E-state index contributed by atoms with van der Waals surface area (Å²) in [6.07, 6.45) is 0.288. The van der Waals surface area contributed by atoms with Crippen LogP contribution in [0, 0.1) is 0 Å². The van der Waals surface area contributed by atoms with E-state index in [1.54, 1.807) is 0 Å². The number of methoxy groups -OCH3 is 1. The van der Waals surface area contributed by atoms with Crippen LogP contribution in [0.15, 0.2) is 30.3 Å². The van der Waals surface area contributed by atoms with Gasteiger partial charge in [0.15, 0.2) is 10.1 Å². The molecule has 4 heteroatoms. The fraction of sp³-hybridized carbons (Fsp3) is 0.333. The third-order valence-corrected chi connectivity index (χ3v) is 3.52. The number of carbonyl (C=O) groups excluding carboxylic acids is 2. The van der Waals surface area contributed by atoms with Gasteiger partial charge in [-0.1, -0.05) is 46.3 Å². The van der Waals surface area contributed by atoms with Gasteiger partial charge in [0.1, 0.15) is 0 Å². The molecule has 16 heavy (non-hydrogen) atoms. The highest BCUT2D eigenvalue weighted by Gasteiger charge is 2.41. The van der Waals surface area contributed by atoms with Crippen molar-refractivity contribution >= 4 is 27.7 Å². The second-order valence-electron chi connectivity index (χ2n) is 3.51. The van der Waals surface area contributed by atoms with E-state index in [0.717, 1.165) is 5.56 Å². The first-order valence-electron chi connectivity index (χ1n) is 4.83. The van der Waals surface area contributed by atoms with E-state index in [2.05, 4.69) is 20.7 Å². The Hall–Kier alpha value is -1.16. The zero-order chi connectivity index (χ0) is 12.2. The van der Waals surface area contributed by atoms with Crippen molar-refractivity contribution in [2.45, 2.75) is 17.7 Å². The van der Waals surface area contributed by atoms with E-state index in [1.807, 2.05) is 30.3 Å². The van der Waals surface area contributed by atoms with Crippen molar-refractivity contribution in [2.75, 3.05) is 7.11 Å². The summed E-state index contributed by atoms with van der Waals surface area (Å²) >= 11 is 3.19. The molecule has 1 rings (SSSR count). The van der Waals surface area contributed by atoms with Crippen molar-refractivity contribution in [3.63, 3.8) is 0 Å². The van der Waals surface area contributed by atoms with E-state index < -0.39 is 10.3 Å². The third kappa shape index (κ3) is 2.70.